The maximum absolute atomic E-state index is 12.1. The summed E-state index contributed by atoms with van der Waals surface area (Å²) >= 11 is 2.15. The van der Waals surface area contributed by atoms with Crippen molar-refractivity contribution >= 4 is 28.8 Å². The minimum Gasteiger partial charge on any atom is -0.493 e. The highest BCUT2D eigenvalue weighted by Crippen LogP contribution is 2.16. The summed E-state index contributed by atoms with van der Waals surface area (Å²) in [4.78, 5) is 33.0. The standard InChI is InChI=1S/C18H21IN4O3/c19-13-4-6-14(7-5-13)23-17(25)15(16(24)21-18(23)26)12-20-8-11-22-9-2-1-3-10-22/h4-7,12,25H,1-3,8-11H2,(H,21,24,26). The molecule has 7 nitrogen and oxygen atoms in total. The summed E-state index contributed by atoms with van der Waals surface area (Å²) in [5.74, 6) is -0.401. The quantitative estimate of drug-likeness (QED) is 0.517. The Labute approximate surface area is 164 Å². The molecule has 2 heterocycles. The Morgan fingerprint density at radius 3 is 2.54 bits per heavy atom. The number of aliphatic imine (C=N–C) groups is 1. The van der Waals surface area contributed by atoms with Gasteiger partial charge in [0.15, 0.2) is 0 Å². The molecule has 2 N–H and O–H groups in total. The molecule has 0 amide bonds. The number of piperidine rings is 1. The maximum atomic E-state index is 12.1. The molecule has 0 saturated carbocycles. The van der Waals surface area contributed by atoms with Crippen LogP contribution in [0, 0.1) is 3.57 Å². The zero-order valence-corrected chi connectivity index (χ0v) is 16.5. The largest absolute Gasteiger partial charge is 0.493 e. The summed E-state index contributed by atoms with van der Waals surface area (Å²) in [6.07, 6.45) is 5.06. The summed E-state index contributed by atoms with van der Waals surface area (Å²) in [6, 6.07) is 7.05. The Morgan fingerprint density at radius 2 is 1.85 bits per heavy atom. The Balaban J connectivity index is 1.81. The van der Waals surface area contributed by atoms with E-state index in [0.29, 0.717) is 12.2 Å². The van der Waals surface area contributed by atoms with Gasteiger partial charge in [-0.05, 0) is 72.8 Å². The van der Waals surface area contributed by atoms with Crippen molar-refractivity contribution in [3.8, 4) is 11.6 Å². The molecule has 26 heavy (non-hydrogen) atoms. The number of aromatic nitrogens is 2. The van der Waals surface area contributed by atoms with Crippen LogP contribution in [-0.2, 0) is 0 Å². The lowest BCUT2D eigenvalue weighted by Gasteiger charge is -2.25. The van der Waals surface area contributed by atoms with E-state index in [0.717, 1.165) is 27.8 Å². The van der Waals surface area contributed by atoms with Gasteiger partial charge in [-0.1, -0.05) is 6.42 Å². The monoisotopic (exact) mass is 468 g/mol. The number of aromatic hydroxyl groups is 1. The molecule has 0 atom stereocenters. The first-order chi connectivity index (χ1) is 12.6. The molecule has 1 saturated heterocycles. The second-order valence-electron chi connectivity index (χ2n) is 6.25. The van der Waals surface area contributed by atoms with Crippen molar-refractivity contribution in [2.45, 2.75) is 19.3 Å². The van der Waals surface area contributed by atoms with Gasteiger partial charge in [-0.3, -0.25) is 14.8 Å². The van der Waals surface area contributed by atoms with E-state index in [2.05, 4.69) is 37.5 Å². The van der Waals surface area contributed by atoms with E-state index in [9.17, 15) is 14.7 Å². The van der Waals surface area contributed by atoms with Crippen LogP contribution in [0.25, 0.3) is 5.69 Å². The molecule has 8 heteroatoms. The molecular formula is C18H21IN4O3. The van der Waals surface area contributed by atoms with Gasteiger partial charge in [-0.15, -0.1) is 0 Å². The van der Waals surface area contributed by atoms with Gasteiger partial charge in [0, 0.05) is 16.3 Å². The molecular weight excluding hydrogens is 447 g/mol. The van der Waals surface area contributed by atoms with E-state index in [1.165, 1.54) is 25.5 Å². The molecule has 0 unspecified atom stereocenters. The van der Waals surface area contributed by atoms with Crippen LogP contribution in [-0.4, -0.2) is 52.0 Å². The van der Waals surface area contributed by atoms with Crippen LogP contribution in [0.3, 0.4) is 0 Å². The third kappa shape index (κ3) is 4.42. The third-order valence-electron chi connectivity index (χ3n) is 4.42. The number of nitrogens with zero attached hydrogens (tertiary/aromatic N) is 3. The summed E-state index contributed by atoms with van der Waals surface area (Å²) in [6.45, 7) is 3.53. The SMILES string of the molecule is O=c1[nH]c(=O)n(-c2ccc(I)cc2)c(O)c1C=NCCN1CCCCC1. The van der Waals surface area contributed by atoms with E-state index >= 15 is 0 Å². The van der Waals surface area contributed by atoms with Crippen LogP contribution in [0.4, 0.5) is 0 Å². The number of halogens is 1. The lowest BCUT2D eigenvalue weighted by molar-refractivity contribution is 0.235. The highest BCUT2D eigenvalue weighted by Gasteiger charge is 2.14. The van der Waals surface area contributed by atoms with Gasteiger partial charge in [-0.25, -0.2) is 9.36 Å². The Bertz CT molecular complexity index is 896. The highest BCUT2D eigenvalue weighted by atomic mass is 127. The number of hydrogen-bond donors (Lipinski definition) is 2. The molecule has 138 valence electrons. The van der Waals surface area contributed by atoms with Crippen LogP contribution < -0.4 is 11.2 Å². The first kappa shape index (κ1) is 18.8. The van der Waals surface area contributed by atoms with Gasteiger partial charge in [0.2, 0.25) is 5.88 Å². The molecule has 1 aromatic carbocycles. The van der Waals surface area contributed by atoms with Gasteiger partial charge < -0.3 is 10.0 Å². The predicted molar refractivity (Wildman–Crippen MR) is 110 cm³/mol. The normalized spacial score (nSPS) is 15.6. The average Bonchev–Trinajstić information content (AvgIpc) is 2.63. The topological polar surface area (TPSA) is 90.7 Å². The predicted octanol–water partition coefficient (Wildman–Crippen LogP) is 1.74. The first-order valence-corrected chi connectivity index (χ1v) is 9.70. The molecule has 0 aliphatic carbocycles. The fourth-order valence-corrected chi connectivity index (χ4v) is 3.38. The Hall–Kier alpha value is -1.94. The fourth-order valence-electron chi connectivity index (χ4n) is 3.02. The van der Waals surface area contributed by atoms with E-state index < -0.39 is 17.1 Å². The van der Waals surface area contributed by atoms with Crippen LogP contribution in [0.15, 0.2) is 38.8 Å². The summed E-state index contributed by atoms with van der Waals surface area (Å²) < 4.78 is 2.08. The molecule has 1 aliphatic heterocycles. The third-order valence-corrected chi connectivity index (χ3v) is 5.14. The number of nitrogens with one attached hydrogen (secondary N) is 1. The number of hydrogen-bond acceptors (Lipinski definition) is 5. The van der Waals surface area contributed by atoms with Crippen LogP contribution in [0.1, 0.15) is 24.8 Å². The molecule has 0 spiro atoms. The smallest absolute Gasteiger partial charge is 0.335 e. The van der Waals surface area contributed by atoms with Crippen LogP contribution >= 0.6 is 22.6 Å². The fraction of sp³-hybridized carbons (Fsp3) is 0.389. The van der Waals surface area contributed by atoms with Crippen molar-refractivity contribution < 1.29 is 5.11 Å². The van der Waals surface area contributed by atoms with Crippen molar-refractivity contribution in [3.63, 3.8) is 0 Å². The number of likely N-dealkylation sites (tertiary alicyclic amines) is 1. The molecule has 0 bridgehead atoms. The Kier molecular flexibility index (Phi) is 6.25. The maximum Gasteiger partial charge on any atom is 0.335 e. The number of benzene rings is 1. The molecule has 0 radical (unpaired) electrons. The molecule has 1 aromatic heterocycles. The van der Waals surface area contributed by atoms with Gasteiger partial charge >= 0.3 is 5.69 Å². The summed E-state index contributed by atoms with van der Waals surface area (Å²) in [7, 11) is 0. The summed E-state index contributed by atoms with van der Waals surface area (Å²) in [5, 5.41) is 10.5. The van der Waals surface area contributed by atoms with Crippen molar-refractivity contribution in [1.29, 1.82) is 0 Å². The van der Waals surface area contributed by atoms with E-state index in [1.807, 2.05) is 12.1 Å². The first-order valence-electron chi connectivity index (χ1n) is 8.62. The van der Waals surface area contributed by atoms with Crippen molar-refractivity contribution in [2.24, 2.45) is 4.99 Å². The van der Waals surface area contributed by atoms with Gasteiger partial charge in [0.1, 0.15) is 5.56 Å². The molecule has 1 aliphatic rings. The lowest BCUT2D eigenvalue weighted by atomic mass is 10.1. The average molecular weight is 468 g/mol. The lowest BCUT2D eigenvalue weighted by Crippen LogP contribution is -2.32. The van der Waals surface area contributed by atoms with E-state index in [1.54, 1.807) is 12.1 Å². The second kappa shape index (κ2) is 8.63. The zero-order chi connectivity index (χ0) is 18.5. The zero-order valence-electron chi connectivity index (χ0n) is 14.3. The van der Waals surface area contributed by atoms with E-state index in [-0.39, 0.29) is 5.56 Å². The Morgan fingerprint density at radius 1 is 1.15 bits per heavy atom. The van der Waals surface area contributed by atoms with E-state index in [4.69, 9.17) is 0 Å². The number of aromatic amines is 1. The minimum absolute atomic E-state index is 0.0122. The molecule has 1 fully saturated rings. The van der Waals surface area contributed by atoms with Crippen LogP contribution in [0.5, 0.6) is 5.88 Å². The number of H-pyrrole nitrogens is 1. The van der Waals surface area contributed by atoms with Crippen LogP contribution in [0.2, 0.25) is 0 Å². The van der Waals surface area contributed by atoms with Gasteiger partial charge in [0.05, 0.1) is 12.2 Å². The molecule has 2 aromatic rings. The number of rotatable bonds is 5. The highest BCUT2D eigenvalue weighted by molar-refractivity contribution is 14.1. The van der Waals surface area contributed by atoms with Crippen molar-refractivity contribution in [2.75, 3.05) is 26.2 Å². The van der Waals surface area contributed by atoms with Crippen molar-refractivity contribution in [3.05, 3.63) is 54.2 Å². The minimum atomic E-state index is -0.681. The van der Waals surface area contributed by atoms with Crippen molar-refractivity contribution in [1.82, 2.24) is 14.5 Å². The molecule has 3 rings (SSSR count). The van der Waals surface area contributed by atoms with Gasteiger partial charge in [-0.2, -0.15) is 0 Å². The van der Waals surface area contributed by atoms with Gasteiger partial charge in [0.25, 0.3) is 5.56 Å². The summed E-state index contributed by atoms with van der Waals surface area (Å²) in [5.41, 5.74) is -0.857. The second-order valence-corrected chi connectivity index (χ2v) is 7.49.